The molecule has 42 heavy (non-hydrogen) atoms. The Labute approximate surface area is 248 Å². The fourth-order valence-corrected chi connectivity index (χ4v) is 5.87. The number of anilines is 1. The average molecular weight is 567 g/mol. The van der Waals surface area contributed by atoms with Crippen LogP contribution in [0.3, 0.4) is 0 Å². The van der Waals surface area contributed by atoms with Crippen LogP contribution in [0.4, 0.5) is 10.5 Å². The van der Waals surface area contributed by atoms with Gasteiger partial charge in [-0.1, -0.05) is 66.7 Å². The van der Waals surface area contributed by atoms with Gasteiger partial charge in [-0.05, 0) is 73.1 Å². The summed E-state index contributed by atoms with van der Waals surface area (Å²) in [4.78, 5) is 15.4. The fraction of sp³-hybridized carbons (Fsp3) is 0.382. The number of alkyl carbamates (subject to hydrolysis) is 1. The first-order valence-corrected chi connectivity index (χ1v) is 14.8. The van der Waals surface area contributed by atoms with Crippen molar-refractivity contribution in [3.8, 4) is 11.1 Å². The Bertz CT molecular complexity index is 1420. The molecule has 2 fully saturated rings. The molecule has 0 aromatic heterocycles. The number of hydrogen-bond donors (Lipinski definition) is 1. The summed E-state index contributed by atoms with van der Waals surface area (Å²) in [5.74, 6) is 0.00388. The summed E-state index contributed by atoms with van der Waals surface area (Å²) in [7, 11) is -0.601. The molecular weight excluding hydrogens is 527 g/mol. The Morgan fingerprint density at radius 2 is 1.55 bits per heavy atom. The lowest BCUT2D eigenvalue weighted by Crippen LogP contribution is -2.41. The number of nitrogens with zero attached hydrogens (tertiary/aromatic N) is 1. The van der Waals surface area contributed by atoms with Crippen LogP contribution in [0.1, 0.15) is 50.3 Å². The van der Waals surface area contributed by atoms with Crippen LogP contribution in [0.25, 0.3) is 17.2 Å². The Morgan fingerprint density at radius 3 is 2.19 bits per heavy atom. The van der Waals surface area contributed by atoms with E-state index in [2.05, 4.69) is 64.8 Å². The lowest BCUT2D eigenvalue weighted by Gasteiger charge is -2.32. The molecule has 2 heterocycles. The molecular formula is C34H39BN2O5. The molecule has 0 unspecified atom stereocenters. The van der Waals surface area contributed by atoms with Crippen LogP contribution in [-0.2, 0) is 18.8 Å². The lowest BCUT2D eigenvalue weighted by atomic mass is 9.77. The molecule has 0 saturated carbocycles. The Kier molecular flexibility index (Phi) is 7.88. The van der Waals surface area contributed by atoms with Gasteiger partial charge in [-0.2, -0.15) is 0 Å². The van der Waals surface area contributed by atoms with Gasteiger partial charge in [-0.25, -0.2) is 4.79 Å². The van der Waals surface area contributed by atoms with E-state index in [1.165, 1.54) is 22.3 Å². The minimum absolute atomic E-state index is 0.00388. The molecule has 6 rings (SSSR count). The molecule has 0 atom stereocenters. The predicted octanol–water partition coefficient (Wildman–Crippen LogP) is 6.08. The second-order valence-corrected chi connectivity index (χ2v) is 12.2. The van der Waals surface area contributed by atoms with Gasteiger partial charge in [0.15, 0.2) is 0 Å². The maximum atomic E-state index is 13.1. The van der Waals surface area contributed by atoms with Crippen molar-refractivity contribution in [3.05, 3.63) is 95.0 Å². The zero-order valence-electron chi connectivity index (χ0n) is 24.9. The van der Waals surface area contributed by atoms with Crippen molar-refractivity contribution in [1.29, 1.82) is 0 Å². The van der Waals surface area contributed by atoms with Crippen molar-refractivity contribution in [2.75, 3.05) is 44.4 Å². The molecule has 2 aliphatic heterocycles. The van der Waals surface area contributed by atoms with Crippen LogP contribution < -0.4 is 10.2 Å². The first-order valence-electron chi connectivity index (χ1n) is 14.8. The van der Waals surface area contributed by atoms with Crippen LogP contribution in [0.15, 0.2) is 78.3 Å². The quantitative estimate of drug-likeness (QED) is 0.350. The smallest absolute Gasteiger partial charge is 0.449 e. The highest BCUT2D eigenvalue weighted by atomic mass is 16.7. The van der Waals surface area contributed by atoms with Crippen LogP contribution in [-0.4, -0.2) is 63.9 Å². The van der Waals surface area contributed by atoms with Crippen molar-refractivity contribution in [1.82, 2.24) is 5.32 Å². The van der Waals surface area contributed by atoms with E-state index >= 15 is 0 Å². The summed E-state index contributed by atoms with van der Waals surface area (Å²) in [5, 5.41) is 2.97. The van der Waals surface area contributed by atoms with Crippen LogP contribution in [0, 0.1) is 0 Å². The van der Waals surface area contributed by atoms with Gasteiger partial charge in [0.1, 0.15) is 6.61 Å². The van der Waals surface area contributed by atoms with Gasteiger partial charge >= 0.3 is 13.2 Å². The fourth-order valence-electron chi connectivity index (χ4n) is 5.87. The number of ether oxygens (including phenoxy) is 2. The highest BCUT2D eigenvalue weighted by Crippen LogP contribution is 2.44. The van der Waals surface area contributed by atoms with E-state index < -0.39 is 24.4 Å². The maximum absolute atomic E-state index is 13.1. The molecule has 1 amide bonds. The maximum Gasteiger partial charge on any atom is 0.492 e. The predicted molar refractivity (Wildman–Crippen MR) is 167 cm³/mol. The van der Waals surface area contributed by atoms with E-state index in [9.17, 15) is 4.79 Å². The number of rotatable bonds is 7. The molecule has 1 N–H and O–H groups in total. The van der Waals surface area contributed by atoms with Crippen molar-refractivity contribution in [2.45, 2.75) is 44.8 Å². The zero-order chi connectivity index (χ0) is 29.3. The monoisotopic (exact) mass is 566 g/mol. The van der Waals surface area contributed by atoms with Crippen molar-refractivity contribution >= 4 is 25.0 Å². The molecule has 3 aromatic rings. The molecule has 218 valence electrons. The van der Waals surface area contributed by atoms with Gasteiger partial charge < -0.3 is 29.0 Å². The third-order valence-electron chi connectivity index (χ3n) is 8.94. The van der Waals surface area contributed by atoms with Crippen molar-refractivity contribution in [3.63, 3.8) is 0 Å². The number of fused-ring (bicyclic) bond motifs is 3. The normalized spacial score (nSPS) is 19.4. The van der Waals surface area contributed by atoms with Gasteiger partial charge in [0.05, 0.1) is 24.4 Å². The van der Waals surface area contributed by atoms with Gasteiger partial charge in [0.2, 0.25) is 0 Å². The first-order chi connectivity index (χ1) is 20.2. The SMILES string of the molecule is CC1(C)OB(C(=Cc2cccc(N3CCOCC3)c2)CNC(=O)OCC2c3ccccc3-c3ccccc32)OC1(C)C. The Hall–Kier alpha value is -3.59. The molecule has 0 bridgehead atoms. The van der Waals surface area contributed by atoms with E-state index in [0.29, 0.717) is 0 Å². The molecule has 1 aliphatic carbocycles. The standard InChI is InChI=1S/C34H39BN2O5/c1-33(2)34(3,4)42-35(41-33)25(20-24-10-9-11-26(21-24)37-16-18-39-19-17-37)22-36-32(38)40-23-31-29-14-7-5-12-27(29)28-13-6-8-15-30(28)31/h5-15,20-21,31H,16-19,22-23H2,1-4H3,(H,36,38). The van der Waals surface area contributed by atoms with E-state index in [1.54, 1.807) is 0 Å². The third-order valence-corrected chi connectivity index (χ3v) is 8.94. The number of benzene rings is 3. The van der Waals surface area contributed by atoms with E-state index in [-0.39, 0.29) is 19.1 Å². The highest BCUT2D eigenvalue weighted by Gasteiger charge is 2.52. The average Bonchev–Trinajstić information content (AvgIpc) is 3.43. The van der Waals surface area contributed by atoms with Crippen LogP contribution >= 0.6 is 0 Å². The second kappa shape index (κ2) is 11.6. The summed E-state index contributed by atoms with van der Waals surface area (Å²) < 4.78 is 24.1. The van der Waals surface area contributed by atoms with E-state index in [0.717, 1.165) is 43.0 Å². The highest BCUT2D eigenvalue weighted by molar-refractivity contribution is 6.56. The summed E-state index contributed by atoms with van der Waals surface area (Å²) in [5.41, 5.74) is 6.74. The summed E-state index contributed by atoms with van der Waals surface area (Å²) in [6.45, 7) is 11.8. The minimum atomic E-state index is -0.601. The topological polar surface area (TPSA) is 69.3 Å². The number of hydrogen-bond acceptors (Lipinski definition) is 6. The number of carbonyl (C=O) groups is 1. The van der Waals surface area contributed by atoms with Gasteiger partial charge in [0, 0.05) is 31.2 Å². The Morgan fingerprint density at radius 1 is 0.929 bits per heavy atom. The van der Waals surface area contributed by atoms with E-state index in [1.807, 2.05) is 52.0 Å². The number of nitrogens with one attached hydrogen (secondary N) is 1. The second-order valence-electron chi connectivity index (χ2n) is 12.2. The molecule has 2 saturated heterocycles. The zero-order valence-corrected chi connectivity index (χ0v) is 24.9. The molecule has 7 nitrogen and oxygen atoms in total. The number of morpholine rings is 1. The summed E-state index contributed by atoms with van der Waals surface area (Å²) >= 11 is 0. The van der Waals surface area contributed by atoms with Crippen LogP contribution in [0.2, 0.25) is 0 Å². The molecule has 8 heteroatoms. The minimum Gasteiger partial charge on any atom is -0.449 e. The van der Waals surface area contributed by atoms with Crippen LogP contribution in [0.5, 0.6) is 0 Å². The largest absolute Gasteiger partial charge is 0.492 e. The van der Waals surface area contributed by atoms with Gasteiger partial charge in [-0.3, -0.25) is 0 Å². The van der Waals surface area contributed by atoms with Gasteiger partial charge in [-0.15, -0.1) is 0 Å². The molecule has 3 aromatic carbocycles. The van der Waals surface area contributed by atoms with Crippen molar-refractivity contribution < 1.29 is 23.6 Å². The molecule has 0 spiro atoms. The Balaban J connectivity index is 1.17. The van der Waals surface area contributed by atoms with E-state index in [4.69, 9.17) is 18.8 Å². The third kappa shape index (κ3) is 5.71. The number of amides is 1. The number of carbonyl (C=O) groups excluding carboxylic acids is 1. The summed E-state index contributed by atoms with van der Waals surface area (Å²) in [6.07, 6.45) is 1.58. The molecule has 0 radical (unpaired) electrons. The molecule has 3 aliphatic rings. The lowest BCUT2D eigenvalue weighted by molar-refractivity contribution is 0.00578. The van der Waals surface area contributed by atoms with Gasteiger partial charge in [0.25, 0.3) is 0 Å². The summed E-state index contributed by atoms with van der Waals surface area (Å²) in [6, 6.07) is 25.0. The van der Waals surface area contributed by atoms with Crippen molar-refractivity contribution in [2.24, 2.45) is 0 Å². The first kappa shape index (κ1) is 28.5.